The van der Waals surface area contributed by atoms with Gasteiger partial charge in [-0.2, -0.15) is 0 Å². The van der Waals surface area contributed by atoms with Crippen molar-refractivity contribution >= 4 is 37.2 Å². The van der Waals surface area contributed by atoms with Crippen molar-refractivity contribution in [3.05, 3.63) is 0 Å². The van der Waals surface area contributed by atoms with E-state index in [2.05, 4.69) is 0 Å². The average Bonchev–Trinajstić information content (AvgIpc) is 1.35. The Kier molecular flexibility index (Phi) is 21.9. The minimum atomic E-state index is -2.71. The van der Waals surface area contributed by atoms with Crippen LogP contribution in [0.3, 0.4) is 0 Å². The standard InChI is InChI=1S/C2H7NO3.3ClH/c1-3-2(4,5)6;;;/h3-6H,1H3;3*1H. The summed E-state index contributed by atoms with van der Waals surface area (Å²) in [5.74, 6) is 0. The van der Waals surface area contributed by atoms with Crippen LogP contribution in [0.1, 0.15) is 0 Å². The molecule has 0 unspecified atom stereocenters. The lowest BCUT2D eigenvalue weighted by molar-refractivity contribution is -0.328. The Hall–Kier alpha value is 0.710. The van der Waals surface area contributed by atoms with Gasteiger partial charge in [-0.05, 0) is 7.05 Å². The quantitative estimate of drug-likeness (QED) is 0.414. The van der Waals surface area contributed by atoms with Gasteiger partial charge in [-0.3, -0.25) is 0 Å². The molecule has 0 aliphatic rings. The van der Waals surface area contributed by atoms with Crippen molar-refractivity contribution in [1.29, 1.82) is 0 Å². The fourth-order valence-electron chi connectivity index (χ4n) is 0. The van der Waals surface area contributed by atoms with E-state index in [0.717, 1.165) is 0 Å². The molecular formula is C2H10Cl3NO3. The summed E-state index contributed by atoms with van der Waals surface area (Å²) in [4.78, 5) is 0. The van der Waals surface area contributed by atoms with Gasteiger partial charge in [-0.15, -0.1) is 37.2 Å². The van der Waals surface area contributed by atoms with Gasteiger partial charge in [0.2, 0.25) is 0 Å². The molecule has 0 aliphatic heterocycles. The van der Waals surface area contributed by atoms with Crippen LogP contribution in [0.4, 0.5) is 0 Å². The largest absolute Gasteiger partial charge is 0.342 e. The second-order valence-electron chi connectivity index (χ2n) is 0.885. The Bertz CT molecular complexity index is 46.8. The maximum absolute atomic E-state index is 7.83. The van der Waals surface area contributed by atoms with Crippen molar-refractivity contribution in [2.24, 2.45) is 0 Å². The highest BCUT2D eigenvalue weighted by Crippen LogP contribution is 1.77. The summed E-state index contributed by atoms with van der Waals surface area (Å²) in [6.45, 7) is 0. The number of hydrogen-bond donors (Lipinski definition) is 4. The first-order chi connectivity index (χ1) is 2.56. The van der Waals surface area contributed by atoms with E-state index < -0.39 is 6.10 Å². The number of aliphatic hydroxyl groups is 3. The summed E-state index contributed by atoms with van der Waals surface area (Å²) in [6.07, 6.45) is -2.71. The van der Waals surface area contributed by atoms with Gasteiger partial charge in [0.15, 0.2) is 0 Å². The molecule has 0 spiro atoms. The molecule has 0 amide bonds. The van der Waals surface area contributed by atoms with Crippen molar-refractivity contribution in [2.45, 2.75) is 6.10 Å². The molecule has 0 bridgehead atoms. The molecule has 0 radical (unpaired) electrons. The first-order valence-electron chi connectivity index (χ1n) is 1.42. The Morgan fingerprint density at radius 2 is 1.11 bits per heavy atom. The predicted molar refractivity (Wildman–Crippen MR) is 40.2 cm³/mol. The summed E-state index contributed by atoms with van der Waals surface area (Å²) < 4.78 is 0. The van der Waals surface area contributed by atoms with Crippen LogP contribution >= 0.6 is 37.2 Å². The smallest absolute Gasteiger partial charge is 0.330 e. The maximum Gasteiger partial charge on any atom is 0.342 e. The van der Waals surface area contributed by atoms with Crippen molar-refractivity contribution in [3.8, 4) is 0 Å². The third-order valence-electron chi connectivity index (χ3n) is 0.335. The van der Waals surface area contributed by atoms with E-state index in [1.165, 1.54) is 7.05 Å². The lowest BCUT2D eigenvalue weighted by Crippen LogP contribution is -2.41. The average molecular weight is 202 g/mol. The van der Waals surface area contributed by atoms with Gasteiger partial charge in [0.1, 0.15) is 0 Å². The predicted octanol–water partition coefficient (Wildman–Crippen LogP) is -0.941. The van der Waals surface area contributed by atoms with Gasteiger partial charge >= 0.3 is 6.10 Å². The number of hydrogen-bond acceptors (Lipinski definition) is 4. The number of nitrogens with one attached hydrogen (secondary N) is 1. The molecule has 4 nitrogen and oxygen atoms in total. The van der Waals surface area contributed by atoms with E-state index in [-0.39, 0.29) is 37.2 Å². The molecule has 9 heavy (non-hydrogen) atoms. The van der Waals surface area contributed by atoms with Crippen LogP contribution in [0.15, 0.2) is 0 Å². The molecule has 0 saturated heterocycles. The number of rotatable bonds is 1. The van der Waals surface area contributed by atoms with E-state index in [0.29, 0.717) is 0 Å². The molecule has 0 aliphatic carbocycles. The summed E-state index contributed by atoms with van der Waals surface area (Å²) >= 11 is 0. The molecule has 0 heterocycles. The number of halogens is 3. The van der Waals surface area contributed by atoms with Crippen LogP contribution in [0, 0.1) is 0 Å². The zero-order valence-corrected chi connectivity index (χ0v) is 7.02. The Morgan fingerprint density at radius 3 is 1.11 bits per heavy atom. The fraction of sp³-hybridized carbons (Fsp3) is 1.00. The Labute approximate surface area is 71.5 Å². The second-order valence-corrected chi connectivity index (χ2v) is 0.885. The minimum absolute atomic E-state index is 0. The topological polar surface area (TPSA) is 72.7 Å². The van der Waals surface area contributed by atoms with E-state index >= 15 is 0 Å². The zero-order chi connectivity index (χ0) is 5.21. The summed E-state index contributed by atoms with van der Waals surface area (Å²) in [5, 5.41) is 25.3. The minimum Gasteiger partial charge on any atom is -0.330 e. The second kappa shape index (κ2) is 8.71. The lowest BCUT2D eigenvalue weighted by atomic mass is 10.9. The monoisotopic (exact) mass is 201 g/mol. The van der Waals surface area contributed by atoms with E-state index in [1.54, 1.807) is 5.32 Å². The zero-order valence-electron chi connectivity index (χ0n) is 4.57. The van der Waals surface area contributed by atoms with Gasteiger partial charge in [0, 0.05) is 0 Å². The lowest BCUT2D eigenvalue weighted by Gasteiger charge is -2.09. The van der Waals surface area contributed by atoms with E-state index in [9.17, 15) is 0 Å². The van der Waals surface area contributed by atoms with Crippen molar-refractivity contribution in [3.63, 3.8) is 0 Å². The maximum atomic E-state index is 7.83. The highest BCUT2D eigenvalue weighted by molar-refractivity contribution is 5.86. The molecule has 0 rings (SSSR count). The molecule has 0 aromatic rings. The summed E-state index contributed by atoms with van der Waals surface area (Å²) in [6, 6.07) is 0. The van der Waals surface area contributed by atoms with Crippen LogP contribution < -0.4 is 5.32 Å². The van der Waals surface area contributed by atoms with Crippen LogP contribution in [0.2, 0.25) is 0 Å². The van der Waals surface area contributed by atoms with E-state index in [1.807, 2.05) is 0 Å². The third-order valence-corrected chi connectivity index (χ3v) is 0.335. The normalized spacial score (nSPS) is 8.00. The first kappa shape index (κ1) is 22.6. The van der Waals surface area contributed by atoms with Crippen molar-refractivity contribution < 1.29 is 15.3 Å². The van der Waals surface area contributed by atoms with Crippen LogP contribution in [-0.2, 0) is 0 Å². The summed E-state index contributed by atoms with van der Waals surface area (Å²) in [5.41, 5.74) is 0. The molecule has 0 atom stereocenters. The molecule has 0 fully saturated rings. The molecule has 0 aromatic heterocycles. The van der Waals surface area contributed by atoms with Crippen molar-refractivity contribution in [2.75, 3.05) is 7.05 Å². The Balaban J connectivity index is -0.0000000417. The summed E-state index contributed by atoms with van der Waals surface area (Å²) in [7, 11) is 1.21. The van der Waals surface area contributed by atoms with Crippen LogP contribution in [0.25, 0.3) is 0 Å². The molecule has 4 N–H and O–H groups in total. The molecular weight excluding hydrogens is 192 g/mol. The highest BCUT2D eigenvalue weighted by atomic mass is 35.5. The van der Waals surface area contributed by atoms with Gasteiger partial charge < -0.3 is 15.3 Å². The molecule has 62 valence electrons. The van der Waals surface area contributed by atoms with Gasteiger partial charge in [0.05, 0.1) is 0 Å². The molecule has 0 aromatic carbocycles. The fourth-order valence-corrected chi connectivity index (χ4v) is 0. The van der Waals surface area contributed by atoms with Gasteiger partial charge in [0.25, 0.3) is 0 Å². The first-order valence-corrected chi connectivity index (χ1v) is 1.42. The highest BCUT2D eigenvalue weighted by Gasteiger charge is 2.11. The Morgan fingerprint density at radius 1 is 1.00 bits per heavy atom. The van der Waals surface area contributed by atoms with Gasteiger partial charge in [-0.25, -0.2) is 5.32 Å². The van der Waals surface area contributed by atoms with E-state index in [4.69, 9.17) is 15.3 Å². The van der Waals surface area contributed by atoms with Crippen LogP contribution in [-0.4, -0.2) is 28.5 Å². The molecule has 7 heteroatoms. The van der Waals surface area contributed by atoms with Gasteiger partial charge in [-0.1, -0.05) is 0 Å². The van der Waals surface area contributed by atoms with Crippen LogP contribution in [0.5, 0.6) is 0 Å². The van der Waals surface area contributed by atoms with Crippen molar-refractivity contribution in [1.82, 2.24) is 5.32 Å². The molecule has 0 saturated carbocycles. The SMILES string of the molecule is CNC(O)(O)O.Cl.Cl.Cl. The third kappa shape index (κ3) is 28.5.